The van der Waals surface area contributed by atoms with Gasteiger partial charge in [0, 0.05) is 18.2 Å². The van der Waals surface area contributed by atoms with Crippen LogP contribution in [0.25, 0.3) is 22.2 Å². The zero-order valence-corrected chi connectivity index (χ0v) is 14.8. The van der Waals surface area contributed by atoms with E-state index < -0.39 is 11.7 Å². The maximum Gasteiger partial charge on any atom is 0.416 e. The van der Waals surface area contributed by atoms with Crippen LogP contribution in [0.15, 0.2) is 41.0 Å². The number of aromatic nitrogens is 2. The van der Waals surface area contributed by atoms with Crippen LogP contribution in [0, 0.1) is 0 Å². The molecule has 1 atom stereocenters. The minimum Gasteiger partial charge on any atom is -0.462 e. The number of furan rings is 1. The predicted octanol–water partition coefficient (Wildman–Crippen LogP) is 4.41. The smallest absolute Gasteiger partial charge is 0.416 e. The summed E-state index contributed by atoms with van der Waals surface area (Å²) in [5, 5.41) is 12.7. The van der Waals surface area contributed by atoms with E-state index in [1.54, 1.807) is 12.3 Å². The van der Waals surface area contributed by atoms with Crippen molar-refractivity contribution in [2.75, 3.05) is 25.5 Å². The molecule has 142 valence electrons. The van der Waals surface area contributed by atoms with Crippen molar-refractivity contribution in [2.24, 2.45) is 0 Å². The highest BCUT2D eigenvalue weighted by Crippen LogP contribution is 2.34. The zero-order valence-electron chi connectivity index (χ0n) is 14.8. The van der Waals surface area contributed by atoms with Crippen LogP contribution in [0.5, 0.6) is 0 Å². The lowest BCUT2D eigenvalue weighted by Crippen LogP contribution is -2.39. The summed E-state index contributed by atoms with van der Waals surface area (Å²) in [4.78, 5) is 2.26. The average Bonchev–Trinajstić information content (AvgIpc) is 3.12. The van der Waals surface area contributed by atoms with E-state index in [0.29, 0.717) is 22.7 Å². The van der Waals surface area contributed by atoms with Crippen molar-refractivity contribution in [1.29, 1.82) is 0 Å². The van der Waals surface area contributed by atoms with Gasteiger partial charge in [-0.1, -0.05) is 12.1 Å². The minimum absolute atomic E-state index is 0.271. The summed E-state index contributed by atoms with van der Waals surface area (Å²) < 4.78 is 43.9. The van der Waals surface area contributed by atoms with Gasteiger partial charge < -0.3 is 14.6 Å². The van der Waals surface area contributed by atoms with Gasteiger partial charge in [-0.25, -0.2) is 0 Å². The van der Waals surface area contributed by atoms with Crippen LogP contribution in [0.3, 0.4) is 0 Å². The molecule has 0 radical (unpaired) electrons. The molecule has 1 aliphatic heterocycles. The van der Waals surface area contributed by atoms with Crippen LogP contribution >= 0.6 is 0 Å². The number of likely N-dealkylation sites (tertiary alicyclic amines) is 1. The molecule has 0 amide bonds. The number of nitrogens with one attached hydrogen (secondary N) is 1. The highest BCUT2D eigenvalue weighted by Gasteiger charge is 2.30. The second-order valence-electron chi connectivity index (χ2n) is 6.88. The molecule has 5 nitrogen and oxygen atoms in total. The van der Waals surface area contributed by atoms with E-state index in [9.17, 15) is 13.2 Å². The Morgan fingerprint density at radius 2 is 1.93 bits per heavy atom. The first-order valence-electron chi connectivity index (χ1n) is 8.78. The lowest BCUT2D eigenvalue weighted by atomic mass is 10.1. The molecule has 1 aromatic carbocycles. The molecule has 0 aliphatic carbocycles. The van der Waals surface area contributed by atoms with Crippen LogP contribution < -0.4 is 5.32 Å². The lowest BCUT2D eigenvalue weighted by molar-refractivity contribution is -0.137. The Labute approximate surface area is 154 Å². The summed E-state index contributed by atoms with van der Waals surface area (Å²) in [5.74, 6) is 0.634. The highest BCUT2D eigenvalue weighted by atomic mass is 19.4. The molecule has 1 saturated heterocycles. The number of fused-ring (bicyclic) bond motifs is 1. The Kier molecular flexibility index (Phi) is 4.51. The summed E-state index contributed by atoms with van der Waals surface area (Å²) in [6.07, 6.45) is -0.670. The van der Waals surface area contributed by atoms with Gasteiger partial charge in [-0.3, -0.25) is 0 Å². The quantitative estimate of drug-likeness (QED) is 0.734. The van der Waals surface area contributed by atoms with Gasteiger partial charge in [0.1, 0.15) is 5.69 Å². The molecule has 1 fully saturated rings. The first kappa shape index (κ1) is 17.8. The number of hydrogen-bond donors (Lipinski definition) is 1. The third kappa shape index (κ3) is 3.62. The van der Waals surface area contributed by atoms with E-state index in [-0.39, 0.29) is 6.04 Å². The Morgan fingerprint density at radius 1 is 1.15 bits per heavy atom. The number of likely N-dealkylation sites (N-methyl/N-ethyl adjacent to an activating group) is 1. The molecule has 1 N–H and O–H groups in total. The standard InChI is InChI=1S/C19H19F3N4O/c1-26-9-2-3-14(11-26)23-18-15-8-10-27-17(15)16(24-25-18)12-4-6-13(7-5-12)19(20,21)22/h4-8,10,14H,2-3,9,11H2,1H3,(H,23,25)/t14-/m1/s1. The van der Waals surface area contributed by atoms with Gasteiger partial charge in [-0.05, 0) is 44.6 Å². The zero-order chi connectivity index (χ0) is 19.0. The Hall–Kier alpha value is -2.61. The molecular weight excluding hydrogens is 357 g/mol. The van der Waals surface area contributed by atoms with E-state index in [2.05, 4.69) is 27.5 Å². The summed E-state index contributed by atoms with van der Waals surface area (Å²) in [6.45, 7) is 2.00. The van der Waals surface area contributed by atoms with Gasteiger partial charge in [0.15, 0.2) is 11.4 Å². The summed E-state index contributed by atoms with van der Waals surface area (Å²) in [7, 11) is 2.08. The number of nitrogens with zero attached hydrogens (tertiary/aromatic N) is 3. The Morgan fingerprint density at radius 3 is 2.63 bits per heavy atom. The SMILES string of the molecule is CN1CCC[C@@H](Nc2nnc(-c3ccc(C(F)(F)F)cc3)c3occc23)C1. The van der Waals surface area contributed by atoms with Crippen molar-refractivity contribution in [2.45, 2.75) is 25.1 Å². The topological polar surface area (TPSA) is 54.2 Å². The number of alkyl halides is 3. The monoisotopic (exact) mass is 376 g/mol. The van der Waals surface area contributed by atoms with Gasteiger partial charge in [0.2, 0.25) is 0 Å². The fourth-order valence-electron chi connectivity index (χ4n) is 3.47. The lowest BCUT2D eigenvalue weighted by Gasteiger charge is -2.30. The fourth-order valence-corrected chi connectivity index (χ4v) is 3.47. The fraction of sp³-hybridized carbons (Fsp3) is 0.368. The van der Waals surface area contributed by atoms with Gasteiger partial charge in [0.25, 0.3) is 0 Å². The molecule has 3 heterocycles. The number of rotatable bonds is 3. The molecule has 1 aliphatic rings. The third-order valence-corrected chi connectivity index (χ3v) is 4.84. The van der Waals surface area contributed by atoms with E-state index in [4.69, 9.17) is 4.42 Å². The van der Waals surface area contributed by atoms with Gasteiger partial charge >= 0.3 is 6.18 Å². The molecule has 0 spiro atoms. The van der Waals surface area contributed by atoms with Crippen molar-refractivity contribution in [3.8, 4) is 11.3 Å². The first-order valence-corrected chi connectivity index (χ1v) is 8.78. The van der Waals surface area contributed by atoms with Gasteiger partial charge in [-0.15, -0.1) is 10.2 Å². The molecule has 8 heteroatoms. The van der Waals surface area contributed by atoms with Crippen molar-refractivity contribution in [3.63, 3.8) is 0 Å². The van der Waals surface area contributed by atoms with Crippen LogP contribution in [-0.2, 0) is 6.18 Å². The van der Waals surface area contributed by atoms with Gasteiger partial charge in [-0.2, -0.15) is 13.2 Å². The van der Waals surface area contributed by atoms with Crippen molar-refractivity contribution >= 4 is 16.8 Å². The van der Waals surface area contributed by atoms with E-state index in [1.807, 2.05) is 0 Å². The molecule has 2 aromatic heterocycles. The highest BCUT2D eigenvalue weighted by molar-refractivity contribution is 5.96. The molecule has 27 heavy (non-hydrogen) atoms. The Bertz CT molecular complexity index is 936. The second kappa shape index (κ2) is 6.84. The molecule has 0 bridgehead atoms. The minimum atomic E-state index is -4.37. The largest absolute Gasteiger partial charge is 0.462 e. The normalized spacial score (nSPS) is 18.7. The van der Waals surface area contributed by atoms with Crippen LogP contribution in [-0.4, -0.2) is 41.3 Å². The van der Waals surface area contributed by atoms with Crippen LogP contribution in [0.4, 0.5) is 19.0 Å². The van der Waals surface area contributed by atoms with Crippen molar-refractivity contribution < 1.29 is 17.6 Å². The second-order valence-corrected chi connectivity index (χ2v) is 6.88. The van der Waals surface area contributed by atoms with Crippen LogP contribution in [0.1, 0.15) is 18.4 Å². The maximum absolute atomic E-state index is 12.8. The number of piperidine rings is 1. The third-order valence-electron chi connectivity index (χ3n) is 4.84. The first-order chi connectivity index (χ1) is 12.9. The predicted molar refractivity (Wildman–Crippen MR) is 96.4 cm³/mol. The number of anilines is 1. The molecule has 4 rings (SSSR count). The molecular formula is C19H19F3N4O. The van der Waals surface area contributed by atoms with E-state index in [0.717, 1.165) is 43.5 Å². The average molecular weight is 376 g/mol. The van der Waals surface area contributed by atoms with Gasteiger partial charge in [0.05, 0.1) is 17.2 Å². The summed E-state index contributed by atoms with van der Waals surface area (Å²) >= 11 is 0. The number of halogens is 3. The number of hydrogen-bond acceptors (Lipinski definition) is 5. The van der Waals surface area contributed by atoms with Crippen molar-refractivity contribution in [1.82, 2.24) is 15.1 Å². The summed E-state index contributed by atoms with van der Waals surface area (Å²) in [6, 6.07) is 6.92. The van der Waals surface area contributed by atoms with E-state index in [1.165, 1.54) is 12.1 Å². The molecule has 3 aromatic rings. The van der Waals surface area contributed by atoms with Crippen molar-refractivity contribution in [3.05, 3.63) is 42.2 Å². The summed E-state index contributed by atoms with van der Waals surface area (Å²) in [5.41, 5.74) is 0.764. The van der Waals surface area contributed by atoms with Crippen LogP contribution in [0.2, 0.25) is 0 Å². The molecule has 0 saturated carbocycles. The molecule has 0 unspecified atom stereocenters. The van der Waals surface area contributed by atoms with E-state index >= 15 is 0 Å². The Balaban J connectivity index is 1.65. The maximum atomic E-state index is 12.8. The number of benzene rings is 1.